The number of terminal acetylenes is 1. The van der Waals surface area contributed by atoms with Crippen molar-refractivity contribution in [3.05, 3.63) is 77.6 Å². The summed E-state index contributed by atoms with van der Waals surface area (Å²) in [5.74, 6) is 4.20. The Balaban J connectivity index is 0.716. The minimum absolute atomic E-state index is 0.0165. The van der Waals surface area contributed by atoms with Crippen LogP contribution in [0, 0.1) is 29.1 Å². The molecule has 2 saturated carbocycles. The van der Waals surface area contributed by atoms with Crippen molar-refractivity contribution in [1.29, 1.82) is 0 Å². The Bertz CT molecular complexity index is 2640. The topological polar surface area (TPSA) is 202 Å². The molecule has 3 atom stereocenters. The van der Waals surface area contributed by atoms with Crippen molar-refractivity contribution >= 4 is 35.2 Å². The van der Waals surface area contributed by atoms with Crippen LogP contribution in [-0.2, 0) is 20.9 Å². The molecule has 3 saturated heterocycles. The number of ether oxygens (including phenoxy) is 1. The van der Waals surface area contributed by atoms with Crippen molar-refractivity contribution in [1.82, 2.24) is 40.6 Å². The average Bonchev–Trinajstić information content (AvgIpc) is 3.80. The van der Waals surface area contributed by atoms with Gasteiger partial charge in [-0.2, -0.15) is 0 Å². The number of aromatic nitrogens is 4. The highest BCUT2D eigenvalue weighted by Crippen LogP contribution is 2.55. The first kappa shape index (κ1) is 51.4. The number of nitrogens with zero attached hydrogens (tertiary/aromatic N) is 8. The molecule has 17 nitrogen and oxygen atoms in total. The lowest BCUT2D eigenvalue weighted by atomic mass is 9.56. The van der Waals surface area contributed by atoms with E-state index in [1.54, 1.807) is 30.3 Å². The summed E-state index contributed by atoms with van der Waals surface area (Å²) in [6.07, 6.45) is 16.9. The number of rotatable bonds is 14. The smallest absolute Gasteiger partial charge is 0.246 e. The van der Waals surface area contributed by atoms with E-state index in [0.29, 0.717) is 34.5 Å². The molecule has 0 bridgehead atoms. The number of piperidine rings is 1. The third kappa shape index (κ3) is 11.4. The predicted octanol–water partition coefficient (Wildman–Crippen LogP) is 5.72. The fourth-order valence-corrected chi connectivity index (χ4v) is 11.9. The Morgan fingerprint density at radius 1 is 0.918 bits per heavy atom. The van der Waals surface area contributed by atoms with Gasteiger partial charge in [-0.05, 0) is 124 Å². The standard InChI is InChI=1S/C56H73N11O6/c1-7-36-13-14-39(48(27-36)73-6)32-58-52(71)46-28-42(68)35-67(46)53(72)49(55(3,4)5)61-51(70)38-15-19-56(20-16-38)30-41(31-56)64-21-17-37(18-22-64)40-33-59-54(60-34-40)66-25-23-65(24-26-66)45-29-44(62-63-50(45)57-8-2)43-11-9-10-12-47(43)69/h1,9-14,27,29,33-34,37-38,41-42,46,49,68-69H,8,15-26,28,30-32,35H2,2-6H3,(H,57,63)(H,58,71)(H,61,70)/t38-,41-,42-,46+,49-,56?/m1/s1. The Labute approximate surface area is 429 Å². The van der Waals surface area contributed by atoms with Crippen molar-refractivity contribution in [3.63, 3.8) is 0 Å². The minimum Gasteiger partial charge on any atom is -0.507 e. The fourth-order valence-electron chi connectivity index (χ4n) is 11.9. The van der Waals surface area contributed by atoms with Gasteiger partial charge in [-0.3, -0.25) is 14.4 Å². The molecule has 388 valence electrons. The normalized spacial score (nSPS) is 24.1. The summed E-state index contributed by atoms with van der Waals surface area (Å²) in [7, 11) is 1.54. The molecule has 5 aliphatic rings. The summed E-state index contributed by atoms with van der Waals surface area (Å²) < 4.78 is 5.48. The molecule has 9 rings (SSSR count). The number of anilines is 3. The number of nitrogens with one attached hydrogen (secondary N) is 3. The second-order valence-electron chi connectivity index (χ2n) is 22.0. The number of piperazine rings is 1. The van der Waals surface area contributed by atoms with Crippen molar-refractivity contribution in [2.45, 2.75) is 122 Å². The largest absolute Gasteiger partial charge is 0.507 e. The van der Waals surface area contributed by atoms with Crippen LogP contribution in [0.1, 0.15) is 108 Å². The maximum atomic E-state index is 14.3. The average molecular weight is 996 g/mol. The van der Waals surface area contributed by atoms with E-state index in [9.17, 15) is 24.6 Å². The van der Waals surface area contributed by atoms with Crippen molar-refractivity contribution in [3.8, 4) is 35.1 Å². The fraction of sp³-hybridized carbons (Fsp3) is 0.554. The number of benzene rings is 2. The van der Waals surface area contributed by atoms with Gasteiger partial charge in [0, 0.05) is 93.3 Å². The predicted molar refractivity (Wildman–Crippen MR) is 281 cm³/mol. The molecular weight excluding hydrogens is 923 g/mol. The van der Waals surface area contributed by atoms with Gasteiger partial charge in [0.25, 0.3) is 0 Å². The first-order chi connectivity index (χ1) is 35.1. The molecule has 17 heteroatoms. The van der Waals surface area contributed by atoms with E-state index in [4.69, 9.17) is 21.1 Å². The van der Waals surface area contributed by atoms with Gasteiger partial charge in [0.05, 0.1) is 24.6 Å². The lowest BCUT2D eigenvalue weighted by Crippen LogP contribution is -2.59. The molecule has 5 fully saturated rings. The number of methoxy groups -OCH3 is 1. The molecule has 2 aromatic heterocycles. The molecule has 3 amide bonds. The third-order valence-electron chi connectivity index (χ3n) is 16.3. The van der Waals surface area contributed by atoms with Crippen LogP contribution in [0.5, 0.6) is 11.5 Å². The summed E-state index contributed by atoms with van der Waals surface area (Å²) in [6, 6.07) is 13.3. The summed E-state index contributed by atoms with van der Waals surface area (Å²) in [5.41, 5.74) is 4.49. The van der Waals surface area contributed by atoms with Crippen LogP contribution in [0.4, 0.5) is 17.5 Å². The van der Waals surface area contributed by atoms with E-state index in [1.165, 1.54) is 17.6 Å². The zero-order valence-electron chi connectivity index (χ0n) is 43.1. The van der Waals surface area contributed by atoms with Crippen LogP contribution in [-0.4, -0.2) is 142 Å². The molecule has 73 heavy (non-hydrogen) atoms. The van der Waals surface area contributed by atoms with Crippen LogP contribution in [0.3, 0.4) is 0 Å². The number of amides is 3. The lowest BCUT2D eigenvalue weighted by Gasteiger charge is -2.55. The number of likely N-dealkylation sites (tertiary alicyclic amines) is 2. The monoisotopic (exact) mass is 996 g/mol. The zero-order chi connectivity index (χ0) is 51.4. The van der Waals surface area contributed by atoms with Gasteiger partial charge in [0.1, 0.15) is 23.6 Å². The van der Waals surface area contributed by atoms with Crippen molar-refractivity contribution in [2.75, 3.05) is 74.6 Å². The highest BCUT2D eigenvalue weighted by Gasteiger charge is 2.50. The minimum atomic E-state index is -0.879. The van der Waals surface area contributed by atoms with Crippen LogP contribution in [0.15, 0.2) is 60.9 Å². The second-order valence-corrected chi connectivity index (χ2v) is 22.0. The van der Waals surface area contributed by atoms with Crippen molar-refractivity contribution < 1.29 is 29.3 Å². The summed E-state index contributed by atoms with van der Waals surface area (Å²) >= 11 is 0. The summed E-state index contributed by atoms with van der Waals surface area (Å²) in [6.45, 7) is 13.9. The second kappa shape index (κ2) is 21.9. The highest BCUT2D eigenvalue weighted by atomic mass is 16.5. The number of hydrogen-bond acceptors (Lipinski definition) is 14. The van der Waals surface area contributed by atoms with Gasteiger partial charge in [-0.25, -0.2) is 9.97 Å². The molecule has 4 aromatic rings. The Morgan fingerprint density at radius 2 is 1.62 bits per heavy atom. The van der Waals surface area contributed by atoms with Crippen LogP contribution >= 0.6 is 0 Å². The Kier molecular flexibility index (Phi) is 15.4. The molecule has 5 N–H and O–H groups in total. The van der Waals surface area contributed by atoms with Crippen molar-refractivity contribution in [2.24, 2.45) is 16.7 Å². The molecule has 3 aliphatic heterocycles. The number of para-hydroxylation sites is 1. The maximum absolute atomic E-state index is 14.3. The summed E-state index contributed by atoms with van der Waals surface area (Å²) in [5, 5.41) is 39.5. The molecule has 1 spiro atoms. The number of hydrogen-bond donors (Lipinski definition) is 5. The Morgan fingerprint density at radius 3 is 2.27 bits per heavy atom. The SMILES string of the molecule is C#Cc1ccc(CNC(=O)[C@@H]2C[C@@H](O)CN2C(=O)[C@@H](NC(=O)[C@H]2CCC3(CC2)C[C@H](N2CCC(c4cnc(N5CCN(c6cc(-c7ccccc7O)nnc6NCC)CC5)nc4)CC2)C3)C(C)(C)C)c(OC)c1. The van der Waals surface area contributed by atoms with Gasteiger partial charge >= 0.3 is 0 Å². The number of carbonyl (C=O) groups excluding carboxylic acids is 3. The number of phenols is 1. The third-order valence-corrected chi connectivity index (χ3v) is 16.3. The van der Waals surface area contributed by atoms with Gasteiger partial charge in [0.2, 0.25) is 23.7 Å². The number of aliphatic hydroxyl groups is 1. The van der Waals surface area contributed by atoms with Gasteiger partial charge in [-0.15, -0.1) is 16.6 Å². The van der Waals surface area contributed by atoms with Crippen LogP contribution < -0.4 is 30.5 Å². The molecule has 5 heterocycles. The van der Waals surface area contributed by atoms with E-state index < -0.39 is 23.6 Å². The van der Waals surface area contributed by atoms with E-state index in [-0.39, 0.29) is 54.3 Å². The van der Waals surface area contributed by atoms with E-state index in [0.717, 1.165) is 120 Å². The number of carbonyl (C=O) groups is 3. The van der Waals surface area contributed by atoms with E-state index in [2.05, 4.69) is 46.8 Å². The van der Waals surface area contributed by atoms with Crippen LogP contribution in [0.25, 0.3) is 11.3 Å². The number of β-amino-alcohol motifs (C(OH)–C–C–N with tert-alkyl or cyclic N) is 1. The Hall–Kier alpha value is -6.51. The molecule has 2 aromatic carbocycles. The number of aromatic hydroxyl groups is 1. The molecule has 2 aliphatic carbocycles. The molecule has 0 radical (unpaired) electrons. The quantitative estimate of drug-likeness (QED) is 0.0962. The number of phenolic OH excluding ortho intramolecular Hbond substituents is 1. The van der Waals surface area contributed by atoms with Gasteiger partial charge in [-0.1, -0.05) is 44.9 Å². The lowest BCUT2D eigenvalue weighted by molar-refractivity contribution is -0.145. The zero-order valence-corrected chi connectivity index (χ0v) is 43.1. The molecular formula is C56H73N11O6. The van der Waals surface area contributed by atoms with Gasteiger partial charge in [0.15, 0.2) is 5.82 Å². The van der Waals surface area contributed by atoms with E-state index in [1.807, 2.05) is 58.3 Å². The maximum Gasteiger partial charge on any atom is 0.246 e. The number of aliphatic hydroxyl groups excluding tert-OH is 1. The van der Waals surface area contributed by atoms with Gasteiger partial charge < -0.3 is 50.5 Å². The summed E-state index contributed by atoms with van der Waals surface area (Å²) in [4.78, 5) is 60.3. The first-order valence-electron chi connectivity index (χ1n) is 26.3. The van der Waals surface area contributed by atoms with Crippen LogP contribution in [0.2, 0.25) is 0 Å². The van der Waals surface area contributed by atoms with E-state index >= 15 is 0 Å². The molecule has 0 unspecified atom stereocenters. The first-order valence-corrected chi connectivity index (χ1v) is 26.3. The highest BCUT2D eigenvalue weighted by molar-refractivity contribution is 5.93.